The minimum Gasteiger partial charge on any atom is -0.355 e. The van der Waals surface area contributed by atoms with Crippen LogP contribution < -0.4 is 10.2 Å². The van der Waals surface area contributed by atoms with Crippen molar-refractivity contribution in [1.29, 1.82) is 0 Å². The second-order valence-electron chi connectivity index (χ2n) is 5.55. The monoisotopic (exact) mass is 342 g/mol. The Morgan fingerprint density at radius 2 is 1.83 bits per heavy atom. The maximum absolute atomic E-state index is 13.8. The molecule has 1 aromatic carbocycles. The first-order valence-corrected chi connectivity index (χ1v) is 7.24. The zero-order chi connectivity index (χ0) is 17.6. The van der Waals surface area contributed by atoms with Crippen LogP contribution in [0.5, 0.6) is 0 Å². The predicted molar refractivity (Wildman–Crippen MR) is 79.0 cm³/mol. The molecule has 24 heavy (non-hydrogen) atoms. The van der Waals surface area contributed by atoms with E-state index in [0.717, 1.165) is 19.5 Å². The summed E-state index contributed by atoms with van der Waals surface area (Å²) in [4.78, 5) is 14.2. The lowest BCUT2D eigenvalue weighted by Gasteiger charge is -2.33. The summed E-state index contributed by atoms with van der Waals surface area (Å²) in [6.45, 7) is 3.19. The highest BCUT2D eigenvalue weighted by Gasteiger charge is 2.27. The molecule has 1 fully saturated rings. The Morgan fingerprint density at radius 3 is 2.42 bits per heavy atom. The van der Waals surface area contributed by atoms with E-state index in [1.54, 1.807) is 18.7 Å². The first kappa shape index (κ1) is 16.3. The number of carbonyl (C=O) groups is 1. The first-order chi connectivity index (χ1) is 11.3. The number of nitrogens with one attached hydrogen (secondary N) is 1. The van der Waals surface area contributed by atoms with Gasteiger partial charge in [-0.25, -0.2) is 17.6 Å². The number of halogens is 4. The van der Waals surface area contributed by atoms with Gasteiger partial charge in [0.25, 0.3) is 5.91 Å². The van der Waals surface area contributed by atoms with Crippen molar-refractivity contribution in [3.8, 4) is 0 Å². The molecule has 0 atom stereocenters. The van der Waals surface area contributed by atoms with Gasteiger partial charge in [0.1, 0.15) is 5.69 Å². The molecule has 1 saturated heterocycles. The number of aryl methyl sites for hydroxylation is 2. The van der Waals surface area contributed by atoms with E-state index in [2.05, 4.69) is 10.4 Å². The van der Waals surface area contributed by atoms with Gasteiger partial charge in [0.05, 0.1) is 11.3 Å². The van der Waals surface area contributed by atoms with Crippen molar-refractivity contribution in [2.24, 2.45) is 7.05 Å². The number of carbonyl (C=O) groups excluding carboxylic acids is 1. The maximum atomic E-state index is 13.8. The zero-order valence-electron chi connectivity index (χ0n) is 13.0. The number of anilines is 2. The van der Waals surface area contributed by atoms with Crippen molar-refractivity contribution in [1.82, 2.24) is 9.78 Å². The van der Waals surface area contributed by atoms with Crippen LogP contribution in [-0.2, 0) is 7.05 Å². The van der Waals surface area contributed by atoms with Crippen molar-refractivity contribution in [3.05, 3.63) is 40.6 Å². The van der Waals surface area contributed by atoms with Gasteiger partial charge in [-0.3, -0.25) is 9.48 Å². The molecule has 0 aliphatic carbocycles. The fourth-order valence-electron chi connectivity index (χ4n) is 2.60. The lowest BCUT2D eigenvalue weighted by molar-refractivity contribution is 0.102. The van der Waals surface area contributed by atoms with Gasteiger partial charge in [-0.2, -0.15) is 5.10 Å². The molecule has 9 heteroatoms. The number of benzene rings is 1. The minimum absolute atomic E-state index is 0.326. The van der Waals surface area contributed by atoms with Gasteiger partial charge in [0.15, 0.2) is 29.1 Å². The Morgan fingerprint density at radius 1 is 1.17 bits per heavy atom. The number of aromatic nitrogens is 2. The molecule has 1 aliphatic heterocycles. The number of hydrogen-bond donors (Lipinski definition) is 1. The second-order valence-corrected chi connectivity index (χ2v) is 5.55. The van der Waals surface area contributed by atoms with Crippen LogP contribution in [0, 0.1) is 30.2 Å². The summed E-state index contributed by atoms with van der Waals surface area (Å²) in [5, 5.41) is 6.61. The lowest BCUT2D eigenvalue weighted by Crippen LogP contribution is -2.39. The highest BCUT2D eigenvalue weighted by molar-refractivity contribution is 6.06. The van der Waals surface area contributed by atoms with Gasteiger partial charge in [0, 0.05) is 20.1 Å². The van der Waals surface area contributed by atoms with Gasteiger partial charge in [-0.15, -0.1) is 0 Å². The number of nitrogens with zero attached hydrogens (tertiary/aromatic N) is 3. The molecule has 1 N–H and O–H groups in total. The molecule has 2 aromatic rings. The van der Waals surface area contributed by atoms with Crippen LogP contribution in [-0.4, -0.2) is 28.8 Å². The molecule has 128 valence electrons. The molecule has 0 saturated carbocycles. The van der Waals surface area contributed by atoms with E-state index in [1.807, 2.05) is 4.90 Å². The summed E-state index contributed by atoms with van der Waals surface area (Å²) in [7, 11) is 1.69. The predicted octanol–water partition coefficient (Wildman–Crippen LogP) is 2.75. The average Bonchev–Trinajstić information content (AvgIpc) is 2.74. The highest BCUT2D eigenvalue weighted by Crippen LogP contribution is 2.32. The fourth-order valence-corrected chi connectivity index (χ4v) is 2.60. The quantitative estimate of drug-likeness (QED) is 0.530. The summed E-state index contributed by atoms with van der Waals surface area (Å²) in [6.07, 6.45) is 0.987. The van der Waals surface area contributed by atoms with E-state index in [0.29, 0.717) is 23.3 Å². The molecule has 5 nitrogen and oxygen atoms in total. The fraction of sp³-hybridized carbons (Fsp3) is 0.333. The van der Waals surface area contributed by atoms with Crippen molar-refractivity contribution in [2.45, 2.75) is 13.3 Å². The summed E-state index contributed by atoms with van der Waals surface area (Å²) in [5.74, 6) is -7.81. The van der Waals surface area contributed by atoms with Crippen LogP contribution in [0.1, 0.15) is 22.5 Å². The van der Waals surface area contributed by atoms with Crippen LogP contribution in [0.3, 0.4) is 0 Å². The Bertz CT molecular complexity index is 830. The van der Waals surface area contributed by atoms with Gasteiger partial charge in [0.2, 0.25) is 0 Å². The van der Waals surface area contributed by atoms with Gasteiger partial charge >= 0.3 is 0 Å². The van der Waals surface area contributed by atoms with Crippen LogP contribution in [0.2, 0.25) is 0 Å². The minimum atomic E-state index is -2.02. The number of rotatable bonds is 3. The van der Waals surface area contributed by atoms with E-state index in [1.165, 1.54) is 0 Å². The SMILES string of the molecule is Cc1nn(C)c(N2CCC2)c1NC(=O)c1cc(F)c(F)c(F)c1F. The Hall–Kier alpha value is -2.58. The largest absolute Gasteiger partial charge is 0.355 e. The van der Waals surface area contributed by atoms with Crippen LogP contribution >= 0.6 is 0 Å². The molecule has 0 unspecified atom stereocenters. The Kier molecular flexibility index (Phi) is 3.94. The van der Waals surface area contributed by atoms with Gasteiger partial charge in [-0.1, -0.05) is 0 Å². The normalized spacial score (nSPS) is 13.8. The molecular formula is C15H14F4N4O. The molecular weight excluding hydrogens is 328 g/mol. The molecule has 2 heterocycles. The molecule has 1 amide bonds. The van der Waals surface area contributed by atoms with E-state index in [-0.39, 0.29) is 0 Å². The molecule has 1 aromatic heterocycles. The summed E-state index contributed by atoms with van der Waals surface area (Å²) in [6, 6.07) is 0.331. The summed E-state index contributed by atoms with van der Waals surface area (Å²) in [5.41, 5.74) is -0.118. The first-order valence-electron chi connectivity index (χ1n) is 7.24. The van der Waals surface area contributed by atoms with Crippen molar-refractivity contribution < 1.29 is 22.4 Å². The molecule has 3 rings (SSSR count). The van der Waals surface area contributed by atoms with Crippen LogP contribution in [0.4, 0.5) is 29.1 Å². The number of amides is 1. The van der Waals surface area contributed by atoms with Crippen molar-refractivity contribution in [2.75, 3.05) is 23.3 Å². The Balaban J connectivity index is 1.97. The maximum Gasteiger partial charge on any atom is 0.259 e. The zero-order valence-corrected chi connectivity index (χ0v) is 13.0. The lowest BCUT2D eigenvalue weighted by atomic mass is 10.1. The van der Waals surface area contributed by atoms with Crippen molar-refractivity contribution >= 4 is 17.4 Å². The third-order valence-electron chi connectivity index (χ3n) is 3.93. The molecule has 1 aliphatic rings. The number of hydrogen-bond acceptors (Lipinski definition) is 3. The van der Waals surface area contributed by atoms with Crippen LogP contribution in [0.15, 0.2) is 6.07 Å². The third-order valence-corrected chi connectivity index (χ3v) is 3.93. The van der Waals surface area contributed by atoms with E-state index >= 15 is 0 Å². The van der Waals surface area contributed by atoms with E-state index < -0.39 is 34.7 Å². The van der Waals surface area contributed by atoms with E-state index in [4.69, 9.17) is 0 Å². The van der Waals surface area contributed by atoms with E-state index in [9.17, 15) is 22.4 Å². The molecule has 0 spiro atoms. The average molecular weight is 342 g/mol. The third kappa shape index (κ3) is 2.49. The van der Waals surface area contributed by atoms with Crippen molar-refractivity contribution in [3.63, 3.8) is 0 Å². The van der Waals surface area contributed by atoms with Crippen LogP contribution in [0.25, 0.3) is 0 Å². The second kappa shape index (κ2) is 5.81. The summed E-state index contributed by atoms with van der Waals surface area (Å²) < 4.78 is 54.9. The van der Waals surface area contributed by atoms with Gasteiger partial charge in [-0.05, 0) is 19.4 Å². The topological polar surface area (TPSA) is 50.2 Å². The summed E-state index contributed by atoms with van der Waals surface area (Å²) >= 11 is 0. The van der Waals surface area contributed by atoms with Gasteiger partial charge < -0.3 is 10.2 Å². The molecule has 0 radical (unpaired) electrons. The standard InChI is InChI=1S/C15H14F4N4O/c1-7-13(15(22(2)21-7)23-4-3-5-23)20-14(24)8-6-9(16)11(18)12(19)10(8)17/h6H,3-5H2,1-2H3,(H,20,24). The molecule has 0 bridgehead atoms. The highest BCUT2D eigenvalue weighted by atomic mass is 19.2. The Labute approximate surface area is 134 Å². The smallest absolute Gasteiger partial charge is 0.259 e.